The monoisotopic (exact) mass is 424 g/mol. The highest BCUT2D eigenvalue weighted by molar-refractivity contribution is 6.04. The molecule has 0 aliphatic carbocycles. The highest BCUT2D eigenvalue weighted by atomic mass is 19.3. The first-order valence-corrected chi connectivity index (χ1v) is 8.64. The van der Waals surface area contributed by atoms with Gasteiger partial charge in [0.2, 0.25) is 0 Å². The zero-order chi connectivity index (χ0) is 21.8. The Hall–Kier alpha value is -3.56. The van der Waals surface area contributed by atoms with Gasteiger partial charge in [-0.05, 0) is 43.7 Å². The summed E-state index contributed by atoms with van der Waals surface area (Å²) in [7, 11) is 0. The molecule has 0 aliphatic heterocycles. The highest BCUT2D eigenvalue weighted by Gasteiger charge is 2.22. The van der Waals surface area contributed by atoms with Crippen molar-refractivity contribution >= 4 is 11.6 Å². The Morgan fingerprint density at radius 2 is 1.90 bits per heavy atom. The molecule has 0 aliphatic rings. The van der Waals surface area contributed by atoms with E-state index in [0.717, 1.165) is 12.1 Å². The zero-order valence-corrected chi connectivity index (χ0v) is 15.8. The number of hydrogen-bond acceptors (Lipinski definition) is 5. The van der Waals surface area contributed by atoms with Gasteiger partial charge in [0, 0.05) is 6.07 Å². The lowest BCUT2D eigenvalue weighted by Crippen LogP contribution is -2.17. The Kier molecular flexibility index (Phi) is 6.24. The fraction of sp³-hybridized carbons (Fsp3) is 0.200. The lowest BCUT2D eigenvalue weighted by molar-refractivity contribution is -0.0494. The molecule has 158 valence electrons. The van der Waals surface area contributed by atoms with Crippen LogP contribution in [0.4, 0.5) is 23.2 Å². The van der Waals surface area contributed by atoms with Crippen LogP contribution >= 0.6 is 0 Å². The number of alkyl halides is 2. The van der Waals surface area contributed by atoms with Gasteiger partial charge in [0.1, 0.15) is 23.9 Å². The van der Waals surface area contributed by atoms with Gasteiger partial charge in [0.05, 0.1) is 11.3 Å². The summed E-state index contributed by atoms with van der Waals surface area (Å²) >= 11 is 0. The molecular weight excluding hydrogens is 408 g/mol. The quantitative estimate of drug-likeness (QED) is 0.541. The van der Waals surface area contributed by atoms with Crippen molar-refractivity contribution < 1.29 is 36.4 Å². The highest BCUT2D eigenvalue weighted by Crippen LogP contribution is 2.28. The van der Waals surface area contributed by atoms with Gasteiger partial charge in [-0.2, -0.15) is 8.78 Å². The second kappa shape index (κ2) is 8.85. The second-order valence-electron chi connectivity index (χ2n) is 6.26. The molecule has 1 heterocycles. The molecule has 6 nitrogen and oxygen atoms in total. The molecule has 0 saturated heterocycles. The van der Waals surface area contributed by atoms with Crippen molar-refractivity contribution in [3.05, 3.63) is 70.6 Å². The normalized spacial score (nSPS) is 10.9. The number of ether oxygens (including phenoxy) is 2. The maximum atomic E-state index is 13.7. The number of nitrogens with one attached hydrogen (secondary N) is 1. The minimum absolute atomic E-state index is 0.00278. The van der Waals surface area contributed by atoms with E-state index in [9.17, 15) is 22.4 Å². The van der Waals surface area contributed by atoms with Crippen molar-refractivity contribution in [3.63, 3.8) is 0 Å². The molecular formula is C20H16F4N2O4. The summed E-state index contributed by atoms with van der Waals surface area (Å²) in [5.41, 5.74) is 0.678. The van der Waals surface area contributed by atoms with Crippen LogP contribution in [0.25, 0.3) is 0 Å². The van der Waals surface area contributed by atoms with Crippen LogP contribution in [-0.4, -0.2) is 17.7 Å². The lowest BCUT2D eigenvalue weighted by atomic mass is 10.1. The van der Waals surface area contributed by atoms with Gasteiger partial charge in [-0.1, -0.05) is 11.2 Å². The molecule has 1 amide bonds. The summed E-state index contributed by atoms with van der Waals surface area (Å²) in [5, 5.41) is 6.09. The first-order chi connectivity index (χ1) is 14.2. The zero-order valence-electron chi connectivity index (χ0n) is 15.8. The summed E-state index contributed by atoms with van der Waals surface area (Å²) in [5.74, 6) is -2.66. The van der Waals surface area contributed by atoms with E-state index >= 15 is 0 Å². The molecule has 0 saturated carbocycles. The number of rotatable bonds is 7. The maximum absolute atomic E-state index is 13.7. The minimum Gasteiger partial charge on any atom is -0.486 e. The first-order valence-electron chi connectivity index (χ1n) is 8.64. The molecule has 3 aromatic rings. The Morgan fingerprint density at radius 1 is 1.13 bits per heavy atom. The van der Waals surface area contributed by atoms with Gasteiger partial charge in [-0.15, -0.1) is 0 Å². The van der Waals surface area contributed by atoms with E-state index in [0.29, 0.717) is 11.6 Å². The number of aromatic nitrogens is 1. The fourth-order valence-corrected chi connectivity index (χ4v) is 2.59. The van der Waals surface area contributed by atoms with Crippen LogP contribution in [-0.2, 0) is 6.61 Å². The van der Waals surface area contributed by atoms with E-state index < -0.39 is 24.2 Å². The van der Waals surface area contributed by atoms with Crippen molar-refractivity contribution in [1.29, 1.82) is 0 Å². The third kappa shape index (κ3) is 4.88. The summed E-state index contributed by atoms with van der Waals surface area (Å²) in [6.07, 6.45) is 0. The summed E-state index contributed by atoms with van der Waals surface area (Å²) in [4.78, 5) is 12.6. The van der Waals surface area contributed by atoms with Crippen LogP contribution in [0.15, 0.2) is 40.9 Å². The summed E-state index contributed by atoms with van der Waals surface area (Å²) in [6.45, 7) is -0.184. The van der Waals surface area contributed by atoms with Crippen LogP contribution in [0.1, 0.15) is 27.4 Å². The van der Waals surface area contributed by atoms with E-state index in [2.05, 4.69) is 15.2 Å². The number of nitrogens with zero attached hydrogens (tertiary/aromatic N) is 1. The first kappa shape index (κ1) is 21.2. The summed E-state index contributed by atoms with van der Waals surface area (Å²) < 4.78 is 66.8. The Morgan fingerprint density at radius 3 is 2.60 bits per heavy atom. The number of halogens is 4. The van der Waals surface area contributed by atoms with Gasteiger partial charge in [0.25, 0.3) is 5.91 Å². The SMILES string of the molecule is Cc1ccc(NC(=O)c2noc(C)c2COc2ccc(F)cc2F)c(OC(F)F)c1. The lowest BCUT2D eigenvalue weighted by Gasteiger charge is -2.12. The third-order valence-electron chi connectivity index (χ3n) is 4.07. The topological polar surface area (TPSA) is 73.6 Å². The number of anilines is 1. The Labute approximate surface area is 168 Å². The smallest absolute Gasteiger partial charge is 0.387 e. The maximum Gasteiger partial charge on any atom is 0.387 e. The molecule has 0 fully saturated rings. The number of aryl methyl sites for hydroxylation is 2. The van der Waals surface area contributed by atoms with Gasteiger partial charge in [0.15, 0.2) is 17.3 Å². The molecule has 1 N–H and O–H groups in total. The molecule has 10 heteroatoms. The van der Waals surface area contributed by atoms with Crippen LogP contribution in [0.5, 0.6) is 11.5 Å². The van der Waals surface area contributed by atoms with Crippen molar-refractivity contribution in [2.45, 2.75) is 27.1 Å². The average molecular weight is 424 g/mol. The molecule has 0 spiro atoms. The van der Waals surface area contributed by atoms with E-state index in [-0.39, 0.29) is 40.8 Å². The van der Waals surface area contributed by atoms with Crippen molar-refractivity contribution in [3.8, 4) is 11.5 Å². The van der Waals surface area contributed by atoms with Crippen molar-refractivity contribution in [2.24, 2.45) is 0 Å². The molecule has 0 unspecified atom stereocenters. The largest absolute Gasteiger partial charge is 0.486 e. The van der Waals surface area contributed by atoms with Gasteiger partial charge in [-0.25, -0.2) is 8.78 Å². The third-order valence-corrected chi connectivity index (χ3v) is 4.07. The van der Waals surface area contributed by atoms with Gasteiger partial charge in [-0.3, -0.25) is 4.79 Å². The molecule has 1 aromatic heterocycles. The van der Waals surface area contributed by atoms with Gasteiger partial charge < -0.3 is 19.3 Å². The molecule has 30 heavy (non-hydrogen) atoms. The van der Waals surface area contributed by atoms with Crippen LogP contribution in [0, 0.1) is 25.5 Å². The Balaban J connectivity index is 1.80. The van der Waals surface area contributed by atoms with Crippen LogP contribution < -0.4 is 14.8 Å². The molecule has 0 radical (unpaired) electrons. The predicted molar refractivity (Wildman–Crippen MR) is 97.7 cm³/mol. The van der Waals surface area contributed by atoms with Crippen LogP contribution in [0.2, 0.25) is 0 Å². The standard InChI is InChI=1S/C20H16F4N2O4/c1-10-3-5-15(17(7-10)29-20(23)24)25-19(27)18-13(11(2)30-26-18)9-28-16-6-4-12(21)8-14(16)22/h3-8,20H,9H2,1-2H3,(H,25,27). The second-order valence-corrected chi connectivity index (χ2v) is 6.26. The number of carbonyl (C=O) groups excluding carboxylic acids is 1. The molecule has 0 atom stereocenters. The molecule has 3 rings (SSSR count). The predicted octanol–water partition coefficient (Wildman–Crippen LogP) is 5.00. The summed E-state index contributed by atoms with van der Waals surface area (Å²) in [6, 6.07) is 7.13. The van der Waals surface area contributed by atoms with E-state index in [1.165, 1.54) is 19.1 Å². The minimum atomic E-state index is -3.08. The number of benzene rings is 2. The van der Waals surface area contributed by atoms with Crippen molar-refractivity contribution in [2.75, 3.05) is 5.32 Å². The number of amides is 1. The van der Waals surface area contributed by atoms with E-state index in [1.807, 2.05) is 0 Å². The molecule has 0 bridgehead atoms. The number of hydrogen-bond donors (Lipinski definition) is 1. The Bertz CT molecular complexity index is 1070. The fourth-order valence-electron chi connectivity index (χ4n) is 2.59. The van der Waals surface area contributed by atoms with Crippen LogP contribution in [0.3, 0.4) is 0 Å². The van der Waals surface area contributed by atoms with Gasteiger partial charge >= 0.3 is 6.61 Å². The van der Waals surface area contributed by atoms with Crippen molar-refractivity contribution in [1.82, 2.24) is 5.16 Å². The number of carbonyl (C=O) groups is 1. The van der Waals surface area contributed by atoms with E-state index in [1.54, 1.807) is 13.0 Å². The molecule has 2 aromatic carbocycles. The average Bonchev–Trinajstić information content (AvgIpc) is 3.03. The van der Waals surface area contributed by atoms with E-state index in [4.69, 9.17) is 9.26 Å².